The summed E-state index contributed by atoms with van der Waals surface area (Å²) in [7, 11) is -2.65. The molecular formula is C28H38O3Si. The second-order valence-corrected chi connectivity index (χ2v) is 13.7. The molecule has 0 unspecified atom stereocenters. The summed E-state index contributed by atoms with van der Waals surface area (Å²) >= 11 is 0. The third-order valence-electron chi connectivity index (χ3n) is 6.27. The summed E-state index contributed by atoms with van der Waals surface area (Å²) < 4.78 is 13.9. The fourth-order valence-electron chi connectivity index (χ4n) is 4.72. The molecule has 2 aromatic carbocycles. The Morgan fingerprint density at radius 3 is 2.03 bits per heavy atom. The van der Waals surface area contributed by atoms with Gasteiger partial charge in [-0.3, -0.25) is 0 Å². The van der Waals surface area contributed by atoms with Crippen LogP contribution in [-0.2, 0) is 9.16 Å². The number of benzene rings is 2. The van der Waals surface area contributed by atoms with E-state index in [1.165, 1.54) is 10.4 Å². The van der Waals surface area contributed by atoms with Gasteiger partial charge in [0.05, 0.1) is 24.9 Å². The summed E-state index contributed by atoms with van der Waals surface area (Å²) in [5, 5.41) is 11.7. The van der Waals surface area contributed by atoms with E-state index in [1.54, 1.807) is 6.08 Å². The molecule has 0 spiro atoms. The van der Waals surface area contributed by atoms with Gasteiger partial charge in [0.1, 0.15) is 0 Å². The van der Waals surface area contributed by atoms with Crippen LogP contribution in [0.2, 0.25) is 5.04 Å². The molecule has 2 aromatic rings. The Labute approximate surface area is 194 Å². The Bertz CT molecular complexity index is 831. The highest BCUT2D eigenvalue weighted by atomic mass is 28.4. The molecule has 1 heterocycles. The molecule has 1 aliphatic rings. The number of ether oxygens (including phenoxy) is 1. The van der Waals surface area contributed by atoms with Crippen molar-refractivity contribution in [1.29, 1.82) is 0 Å². The van der Waals surface area contributed by atoms with Crippen LogP contribution in [0.4, 0.5) is 0 Å². The first-order valence-electron chi connectivity index (χ1n) is 11.8. The highest BCUT2D eigenvalue weighted by Crippen LogP contribution is 2.39. The van der Waals surface area contributed by atoms with Crippen LogP contribution >= 0.6 is 0 Å². The van der Waals surface area contributed by atoms with Crippen molar-refractivity contribution in [3.8, 4) is 0 Å². The average molecular weight is 451 g/mol. The van der Waals surface area contributed by atoms with E-state index in [0.29, 0.717) is 0 Å². The van der Waals surface area contributed by atoms with Crippen molar-refractivity contribution in [3.63, 3.8) is 0 Å². The number of aliphatic hydroxyl groups excluding tert-OH is 1. The van der Waals surface area contributed by atoms with Crippen LogP contribution in [0.3, 0.4) is 0 Å². The van der Waals surface area contributed by atoms with Crippen molar-refractivity contribution in [1.82, 2.24) is 0 Å². The molecular weight excluding hydrogens is 412 g/mol. The van der Waals surface area contributed by atoms with E-state index in [9.17, 15) is 5.11 Å². The van der Waals surface area contributed by atoms with Gasteiger partial charge in [-0.15, -0.1) is 0 Å². The first-order valence-corrected chi connectivity index (χ1v) is 13.7. The van der Waals surface area contributed by atoms with E-state index < -0.39 is 8.32 Å². The summed E-state index contributed by atoms with van der Waals surface area (Å²) in [4.78, 5) is 0. The van der Waals surface area contributed by atoms with Crippen molar-refractivity contribution in [2.45, 2.75) is 70.3 Å². The lowest BCUT2D eigenvalue weighted by Crippen LogP contribution is -2.68. The summed E-state index contributed by atoms with van der Waals surface area (Å²) in [5.41, 5.74) is 0. The first kappa shape index (κ1) is 24.7. The Morgan fingerprint density at radius 2 is 1.53 bits per heavy atom. The van der Waals surface area contributed by atoms with Gasteiger partial charge in [0.2, 0.25) is 0 Å². The fourth-order valence-corrected chi connectivity index (χ4v) is 9.44. The Balaban J connectivity index is 2.08. The Morgan fingerprint density at radius 1 is 0.969 bits per heavy atom. The minimum absolute atomic E-state index is 0.0186. The van der Waals surface area contributed by atoms with Gasteiger partial charge in [-0.1, -0.05) is 113 Å². The zero-order valence-corrected chi connectivity index (χ0v) is 20.9. The summed E-state index contributed by atoms with van der Waals surface area (Å²) in [6.45, 7) is 9.14. The number of aliphatic hydroxyl groups is 1. The van der Waals surface area contributed by atoms with E-state index in [-0.39, 0.29) is 30.0 Å². The maximum atomic E-state index is 9.21. The van der Waals surface area contributed by atoms with Gasteiger partial charge in [0.15, 0.2) is 0 Å². The third kappa shape index (κ3) is 5.49. The molecule has 0 aliphatic carbocycles. The maximum absolute atomic E-state index is 9.21. The van der Waals surface area contributed by atoms with Gasteiger partial charge in [-0.25, -0.2) is 0 Å². The van der Waals surface area contributed by atoms with Gasteiger partial charge in [-0.2, -0.15) is 0 Å². The minimum atomic E-state index is -2.65. The summed E-state index contributed by atoms with van der Waals surface area (Å²) in [6, 6.07) is 21.6. The lowest BCUT2D eigenvalue weighted by atomic mass is 10.0. The second-order valence-electron chi connectivity index (χ2n) is 9.49. The van der Waals surface area contributed by atoms with Crippen LogP contribution in [0, 0.1) is 0 Å². The zero-order chi connectivity index (χ0) is 23.0. The van der Waals surface area contributed by atoms with Gasteiger partial charge >= 0.3 is 0 Å². The lowest BCUT2D eigenvalue weighted by molar-refractivity contribution is -0.0564. The normalized spacial score (nSPS) is 23.6. The Hall–Kier alpha value is -1.98. The quantitative estimate of drug-likeness (QED) is 0.477. The fraction of sp³-hybridized carbons (Fsp3) is 0.429. The molecule has 0 radical (unpaired) electrons. The molecule has 0 bridgehead atoms. The van der Waals surface area contributed by atoms with Crippen LogP contribution in [-0.4, -0.2) is 38.3 Å². The van der Waals surface area contributed by atoms with E-state index in [4.69, 9.17) is 9.16 Å². The smallest absolute Gasteiger partial charge is 0.261 e. The molecule has 0 saturated carbocycles. The van der Waals surface area contributed by atoms with Crippen LogP contribution in [0.25, 0.3) is 0 Å². The lowest BCUT2D eigenvalue weighted by Gasteiger charge is -2.46. The number of hydrogen-bond acceptors (Lipinski definition) is 3. The van der Waals surface area contributed by atoms with Gasteiger partial charge in [-0.05, 0) is 34.7 Å². The van der Waals surface area contributed by atoms with Crippen LogP contribution in [0.15, 0.2) is 85.0 Å². The van der Waals surface area contributed by atoms with Crippen molar-refractivity contribution in [2.24, 2.45) is 0 Å². The number of hydrogen-bond donors (Lipinski definition) is 1. The van der Waals surface area contributed by atoms with Crippen molar-refractivity contribution >= 4 is 18.7 Å². The van der Waals surface area contributed by atoms with Crippen molar-refractivity contribution < 1.29 is 14.3 Å². The topological polar surface area (TPSA) is 38.7 Å². The van der Waals surface area contributed by atoms with E-state index >= 15 is 0 Å². The zero-order valence-electron chi connectivity index (χ0n) is 19.9. The second kappa shape index (κ2) is 11.2. The van der Waals surface area contributed by atoms with Crippen LogP contribution < -0.4 is 10.4 Å². The average Bonchev–Trinajstić information content (AvgIpc) is 2.78. The molecule has 3 atom stereocenters. The van der Waals surface area contributed by atoms with Crippen LogP contribution in [0.5, 0.6) is 0 Å². The minimum Gasteiger partial charge on any atom is -0.402 e. The van der Waals surface area contributed by atoms with E-state index in [1.807, 2.05) is 6.08 Å². The van der Waals surface area contributed by atoms with E-state index in [0.717, 1.165) is 19.3 Å². The van der Waals surface area contributed by atoms with Gasteiger partial charge in [0, 0.05) is 0 Å². The molecule has 32 heavy (non-hydrogen) atoms. The van der Waals surface area contributed by atoms with Crippen LogP contribution in [0.1, 0.15) is 47.0 Å². The highest BCUT2D eigenvalue weighted by Gasteiger charge is 2.52. The molecule has 4 heteroatoms. The standard InChI is InChI=1S/C28H38O3Si/c1-5-26-27(21-13-12-15-23(30-26)16-14-22-29)31-32(28(2,3)4,24-17-8-6-9-18-24)25-19-10-7-11-20-25/h6-14,16-20,23,26-27,29H,5,15,21-22H2,1-4H3/b13-12-,16-14+/t23-,26-,27-/m1/s1. The van der Waals surface area contributed by atoms with E-state index in [2.05, 4.69) is 101 Å². The predicted octanol–water partition coefficient (Wildman–Crippen LogP) is 4.99. The maximum Gasteiger partial charge on any atom is 0.261 e. The monoisotopic (exact) mass is 450 g/mol. The molecule has 0 aromatic heterocycles. The van der Waals surface area contributed by atoms with Gasteiger partial charge < -0.3 is 14.3 Å². The molecule has 3 nitrogen and oxygen atoms in total. The molecule has 0 saturated heterocycles. The van der Waals surface area contributed by atoms with Crippen molar-refractivity contribution in [3.05, 3.63) is 85.0 Å². The molecule has 0 fully saturated rings. The molecule has 172 valence electrons. The molecule has 3 rings (SSSR count). The number of rotatable bonds is 7. The Kier molecular flexibility index (Phi) is 8.66. The van der Waals surface area contributed by atoms with Crippen molar-refractivity contribution in [2.75, 3.05) is 6.61 Å². The summed E-state index contributed by atoms with van der Waals surface area (Å²) in [5.74, 6) is 0. The molecule has 1 aliphatic heterocycles. The SMILES string of the molecule is CC[C@H]1O[C@@H](/C=C/CO)C/C=C\C[C@H]1O[Si](c1ccccc1)(c1ccccc1)C(C)(C)C. The van der Waals surface area contributed by atoms with Gasteiger partial charge in [0.25, 0.3) is 8.32 Å². The predicted molar refractivity (Wildman–Crippen MR) is 136 cm³/mol. The highest BCUT2D eigenvalue weighted by molar-refractivity contribution is 6.99. The summed E-state index contributed by atoms with van der Waals surface area (Å²) in [6.07, 6.45) is 10.6. The molecule has 0 amide bonds. The first-order chi connectivity index (χ1) is 15.4. The molecule has 1 N–H and O–H groups in total. The largest absolute Gasteiger partial charge is 0.402 e. The third-order valence-corrected chi connectivity index (χ3v) is 11.3.